The van der Waals surface area contributed by atoms with Gasteiger partial charge in [-0.3, -0.25) is 9.59 Å². The first-order chi connectivity index (χ1) is 11.6. The summed E-state index contributed by atoms with van der Waals surface area (Å²) in [6, 6.07) is 12.7. The lowest BCUT2D eigenvalue weighted by Gasteiger charge is -2.19. The van der Waals surface area contributed by atoms with Crippen molar-refractivity contribution in [1.82, 2.24) is 0 Å². The van der Waals surface area contributed by atoms with E-state index in [9.17, 15) is 14.0 Å². The third kappa shape index (κ3) is 3.22. The van der Waals surface area contributed by atoms with E-state index < -0.39 is 5.92 Å². The predicted octanol–water partition coefficient (Wildman–Crippen LogP) is 2.83. The molecule has 1 atom stereocenters. The van der Waals surface area contributed by atoms with Crippen LogP contribution in [0.3, 0.4) is 0 Å². The maximum atomic E-state index is 12.9. The number of rotatable bonds is 4. The number of hydrogen-bond donors (Lipinski definition) is 1. The van der Waals surface area contributed by atoms with Gasteiger partial charge in [-0.15, -0.1) is 0 Å². The smallest absolute Gasteiger partial charge is 0.229 e. The van der Waals surface area contributed by atoms with Crippen molar-refractivity contribution in [3.05, 3.63) is 54.3 Å². The van der Waals surface area contributed by atoms with Crippen LogP contribution in [0, 0.1) is 11.7 Å². The first kappa shape index (κ1) is 16.0. The summed E-state index contributed by atoms with van der Waals surface area (Å²) in [7, 11) is 1.54. The molecule has 0 bridgehead atoms. The average molecular weight is 328 g/mol. The van der Waals surface area contributed by atoms with E-state index in [-0.39, 0.29) is 30.6 Å². The van der Waals surface area contributed by atoms with Crippen molar-refractivity contribution in [2.24, 2.45) is 5.92 Å². The van der Waals surface area contributed by atoms with Crippen LogP contribution < -0.4 is 15.0 Å². The second-order valence-corrected chi connectivity index (χ2v) is 5.57. The summed E-state index contributed by atoms with van der Waals surface area (Å²) in [5.41, 5.74) is 1.16. The molecule has 1 fully saturated rings. The SMILES string of the molecule is COc1ccccc1N1C[C@@H](C(=O)Nc2ccc(F)cc2)CC1=O. The van der Waals surface area contributed by atoms with E-state index >= 15 is 0 Å². The van der Waals surface area contributed by atoms with Crippen molar-refractivity contribution in [2.45, 2.75) is 6.42 Å². The molecule has 1 aliphatic rings. The van der Waals surface area contributed by atoms with Gasteiger partial charge in [0.25, 0.3) is 0 Å². The van der Waals surface area contributed by atoms with Gasteiger partial charge >= 0.3 is 0 Å². The van der Waals surface area contributed by atoms with Crippen molar-refractivity contribution in [3.8, 4) is 5.75 Å². The minimum Gasteiger partial charge on any atom is -0.495 e. The van der Waals surface area contributed by atoms with E-state index in [0.717, 1.165) is 0 Å². The number of methoxy groups -OCH3 is 1. The average Bonchev–Trinajstić information content (AvgIpc) is 2.98. The first-order valence-electron chi connectivity index (χ1n) is 7.58. The van der Waals surface area contributed by atoms with Gasteiger partial charge in [-0.25, -0.2) is 4.39 Å². The van der Waals surface area contributed by atoms with E-state index in [1.807, 2.05) is 12.1 Å². The Morgan fingerprint density at radius 1 is 1.21 bits per heavy atom. The number of ether oxygens (including phenoxy) is 1. The normalized spacial score (nSPS) is 17.0. The summed E-state index contributed by atoms with van der Waals surface area (Å²) in [6.07, 6.45) is 0.130. The highest BCUT2D eigenvalue weighted by Crippen LogP contribution is 2.33. The highest BCUT2D eigenvalue weighted by atomic mass is 19.1. The highest BCUT2D eigenvalue weighted by molar-refractivity contribution is 6.04. The summed E-state index contributed by atoms with van der Waals surface area (Å²) in [5, 5.41) is 2.72. The monoisotopic (exact) mass is 328 g/mol. The van der Waals surface area contributed by atoms with Gasteiger partial charge in [0.05, 0.1) is 18.7 Å². The Hall–Kier alpha value is -2.89. The minimum atomic E-state index is -0.465. The molecule has 0 saturated carbocycles. The molecule has 1 heterocycles. The van der Waals surface area contributed by atoms with Crippen LogP contribution in [0.1, 0.15) is 6.42 Å². The van der Waals surface area contributed by atoms with Crippen LogP contribution in [0.15, 0.2) is 48.5 Å². The first-order valence-corrected chi connectivity index (χ1v) is 7.58. The quantitative estimate of drug-likeness (QED) is 0.939. The molecule has 0 aromatic heterocycles. The van der Waals surface area contributed by atoms with Crippen LogP contribution in [0.5, 0.6) is 5.75 Å². The maximum Gasteiger partial charge on any atom is 0.229 e. The number of hydrogen-bond acceptors (Lipinski definition) is 3. The Balaban J connectivity index is 1.72. The molecular formula is C18H17FN2O3. The fourth-order valence-electron chi connectivity index (χ4n) is 2.75. The topological polar surface area (TPSA) is 58.6 Å². The maximum absolute atomic E-state index is 12.9. The number of nitrogens with one attached hydrogen (secondary N) is 1. The Morgan fingerprint density at radius 2 is 1.92 bits per heavy atom. The Bertz CT molecular complexity index is 761. The van der Waals surface area contributed by atoms with Gasteiger partial charge in [0, 0.05) is 18.7 Å². The van der Waals surface area contributed by atoms with E-state index in [0.29, 0.717) is 17.1 Å². The second kappa shape index (κ2) is 6.70. The third-order valence-electron chi connectivity index (χ3n) is 3.98. The van der Waals surface area contributed by atoms with Gasteiger partial charge < -0.3 is 15.0 Å². The molecule has 24 heavy (non-hydrogen) atoms. The molecule has 1 N–H and O–H groups in total. The molecule has 2 aromatic rings. The number of nitrogens with zero attached hydrogens (tertiary/aromatic N) is 1. The van der Waals surface area contributed by atoms with Crippen molar-refractivity contribution in [3.63, 3.8) is 0 Å². The highest BCUT2D eigenvalue weighted by Gasteiger charge is 2.36. The Morgan fingerprint density at radius 3 is 2.62 bits per heavy atom. The molecule has 0 aliphatic carbocycles. The predicted molar refractivity (Wildman–Crippen MR) is 88.5 cm³/mol. The molecule has 2 aromatic carbocycles. The van der Waals surface area contributed by atoms with Gasteiger partial charge in [-0.1, -0.05) is 12.1 Å². The Kier molecular flexibility index (Phi) is 4.46. The van der Waals surface area contributed by atoms with Gasteiger partial charge in [0.15, 0.2) is 0 Å². The lowest BCUT2D eigenvalue weighted by atomic mass is 10.1. The van der Waals surface area contributed by atoms with E-state index in [4.69, 9.17) is 4.74 Å². The minimum absolute atomic E-state index is 0.126. The van der Waals surface area contributed by atoms with E-state index in [1.165, 1.54) is 31.4 Å². The summed E-state index contributed by atoms with van der Waals surface area (Å²) >= 11 is 0. The molecule has 0 unspecified atom stereocenters. The van der Waals surface area contributed by atoms with Crippen molar-refractivity contribution >= 4 is 23.2 Å². The van der Waals surface area contributed by atoms with Gasteiger partial charge in [-0.05, 0) is 36.4 Å². The van der Waals surface area contributed by atoms with Crippen molar-refractivity contribution < 1.29 is 18.7 Å². The molecular weight excluding hydrogens is 311 g/mol. The lowest BCUT2D eigenvalue weighted by molar-refractivity contribution is -0.122. The zero-order chi connectivity index (χ0) is 17.1. The number of anilines is 2. The van der Waals surface area contributed by atoms with Crippen LogP contribution in [-0.2, 0) is 9.59 Å². The third-order valence-corrected chi connectivity index (χ3v) is 3.98. The molecule has 124 valence electrons. The van der Waals surface area contributed by atoms with Crippen LogP contribution in [0.25, 0.3) is 0 Å². The second-order valence-electron chi connectivity index (χ2n) is 5.57. The van der Waals surface area contributed by atoms with Crippen LogP contribution in [0.4, 0.5) is 15.8 Å². The standard InChI is InChI=1S/C18H17FN2O3/c1-24-16-5-3-2-4-15(16)21-11-12(10-17(21)22)18(23)20-14-8-6-13(19)7-9-14/h2-9,12H,10-11H2,1H3,(H,20,23)/t12-/m0/s1. The molecule has 3 rings (SSSR count). The molecule has 0 radical (unpaired) electrons. The van der Waals surface area contributed by atoms with Crippen LogP contribution in [-0.4, -0.2) is 25.5 Å². The number of benzene rings is 2. The number of halogens is 1. The van der Waals surface area contributed by atoms with Crippen molar-refractivity contribution in [1.29, 1.82) is 0 Å². The molecule has 0 spiro atoms. The zero-order valence-electron chi connectivity index (χ0n) is 13.2. The molecule has 2 amide bonds. The number of carbonyl (C=O) groups is 2. The zero-order valence-corrected chi connectivity index (χ0v) is 13.2. The van der Waals surface area contributed by atoms with Gasteiger partial charge in [0.2, 0.25) is 11.8 Å². The van der Waals surface area contributed by atoms with Crippen LogP contribution in [0.2, 0.25) is 0 Å². The largest absolute Gasteiger partial charge is 0.495 e. The van der Waals surface area contributed by atoms with E-state index in [2.05, 4.69) is 5.32 Å². The van der Waals surface area contributed by atoms with Crippen molar-refractivity contribution in [2.75, 3.05) is 23.9 Å². The van der Waals surface area contributed by atoms with Gasteiger partial charge in [0.1, 0.15) is 11.6 Å². The number of para-hydroxylation sites is 2. The fourth-order valence-corrected chi connectivity index (χ4v) is 2.75. The number of amides is 2. The molecule has 5 nitrogen and oxygen atoms in total. The molecule has 6 heteroatoms. The fraction of sp³-hybridized carbons (Fsp3) is 0.222. The number of carbonyl (C=O) groups excluding carboxylic acids is 2. The van der Waals surface area contributed by atoms with E-state index in [1.54, 1.807) is 17.0 Å². The summed E-state index contributed by atoms with van der Waals surface area (Å²) < 4.78 is 18.2. The Labute approximate surface area is 139 Å². The lowest BCUT2D eigenvalue weighted by Crippen LogP contribution is -2.28. The summed E-state index contributed by atoms with van der Waals surface area (Å²) in [4.78, 5) is 26.2. The summed E-state index contributed by atoms with van der Waals surface area (Å²) in [6.45, 7) is 0.284. The molecule has 1 aliphatic heterocycles. The van der Waals surface area contributed by atoms with Gasteiger partial charge in [-0.2, -0.15) is 0 Å². The summed E-state index contributed by atoms with van der Waals surface area (Å²) in [5.74, 6) is -0.629. The van der Waals surface area contributed by atoms with Crippen LogP contribution >= 0.6 is 0 Å². The molecule has 1 saturated heterocycles.